The summed E-state index contributed by atoms with van der Waals surface area (Å²) in [6.45, 7) is 0. The van der Waals surface area contributed by atoms with E-state index in [-0.39, 0.29) is 18.9 Å². The van der Waals surface area contributed by atoms with Crippen LogP contribution in [0.4, 0.5) is 0 Å². The molecule has 0 aliphatic rings. The van der Waals surface area contributed by atoms with E-state index in [1.807, 2.05) is 0 Å². The second kappa shape index (κ2) is 5.51. The number of rotatable bonds is 1. The van der Waals surface area contributed by atoms with Crippen LogP contribution in [0.3, 0.4) is 0 Å². The van der Waals surface area contributed by atoms with Gasteiger partial charge in [0.15, 0.2) is 0 Å². The van der Waals surface area contributed by atoms with E-state index >= 15 is 0 Å². The van der Waals surface area contributed by atoms with Crippen molar-refractivity contribution in [2.75, 3.05) is 0 Å². The smallest absolute Gasteiger partial charge is 0.514 e. The Hall–Kier alpha value is -1.44. The molecule has 20 heavy (non-hydrogen) atoms. The normalized spacial score (nSPS) is 11.0. The molecule has 0 saturated heterocycles. The minimum Gasteiger partial charge on any atom is -0.514 e. The Morgan fingerprint density at radius 1 is 0.650 bits per heavy atom. The van der Waals surface area contributed by atoms with Crippen molar-refractivity contribution in [3.63, 3.8) is 0 Å². The zero-order chi connectivity index (χ0) is 12.7. The van der Waals surface area contributed by atoms with Gasteiger partial charge in [-0.2, -0.15) is 10.4 Å². The zero-order valence-electron chi connectivity index (χ0n) is 11.4. The summed E-state index contributed by atoms with van der Waals surface area (Å²) >= 11 is 0. The molecule has 0 radical (unpaired) electrons. The topological polar surface area (TPSA) is 0 Å². The van der Waals surface area contributed by atoms with Gasteiger partial charge in [0.05, 0.1) is 0 Å². The van der Waals surface area contributed by atoms with E-state index in [9.17, 15) is 0 Å². The van der Waals surface area contributed by atoms with E-state index < -0.39 is 0 Å². The molecule has 0 atom stereocenters. The predicted octanol–water partition coefficient (Wildman–Crippen LogP) is 2.96. The Bertz CT molecular complexity index is 838. The molecule has 1 aromatic heterocycles. The van der Waals surface area contributed by atoms with Crippen LogP contribution in [0.15, 0.2) is 72.8 Å². The van der Waals surface area contributed by atoms with Crippen LogP contribution >= 0.6 is 8.19 Å². The first-order chi connectivity index (χ1) is 9.42. The molecule has 0 nitrogen and oxygen atoms in total. The van der Waals surface area contributed by atoms with Crippen molar-refractivity contribution < 1.29 is 18.9 Å². The van der Waals surface area contributed by atoms with Crippen LogP contribution < -0.4 is 18.9 Å². The van der Waals surface area contributed by atoms with Gasteiger partial charge in [0.25, 0.3) is 0 Å². The maximum atomic E-state index is 2.32. The Labute approximate surface area is 132 Å². The monoisotopic (exact) mass is 266 g/mol. The third-order valence-electron chi connectivity index (χ3n) is 3.54. The van der Waals surface area contributed by atoms with Gasteiger partial charge in [-0.25, -0.2) is 0 Å². The second-order valence-corrected chi connectivity index (χ2v) is 5.91. The van der Waals surface area contributed by atoms with Gasteiger partial charge >= 0.3 is 18.9 Å². The molecular formula is C18H12LiP. The summed E-state index contributed by atoms with van der Waals surface area (Å²) in [5, 5.41) is 6.82. The van der Waals surface area contributed by atoms with Gasteiger partial charge in [-0.05, 0) is 16.3 Å². The Morgan fingerprint density at radius 2 is 1.35 bits per heavy atom. The minimum absolute atomic E-state index is 0. The van der Waals surface area contributed by atoms with Crippen molar-refractivity contribution in [1.29, 1.82) is 0 Å². The number of benzene rings is 3. The SMILES string of the molecule is [Li+].c1ccc2[p-]c(-c3cccc4ccccc34)cc2c1. The number of fused-ring (bicyclic) bond motifs is 2. The third-order valence-corrected chi connectivity index (χ3v) is 4.79. The van der Waals surface area contributed by atoms with Crippen LogP contribution in [0.5, 0.6) is 0 Å². The van der Waals surface area contributed by atoms with Crippen molar-refractivity contribution in [1.82, 2.24) is 0 Å². The van der Waals surface area contributed by atoms with Crippen molar-refractivity contribution in [2.24, 2.45) is 0 Å². The molecule has 0 amide bonds. The van der Waals surface area contributed by atoms with Gasteiger partial charge < -0.3 is 8.19 Å². The van der Waals surface area contributed by atoms with Gasteiger partial charge in [0, 0.05) is 0 Å². The van der Waals surface area contributed by atoms with Crippen LogP contribution in [0.25, 0.3) is 32.1 Å². The predicted molar refractivity (Wildman–Crippen MR) is 85.0 cm³/mol. The summed E-state index contributed by atoms with van der Waals surface area (Å²) < 4.78 is 0. The minimum atomic E-state index is 0. The van der Waals surface area contributed by atoms with Gasteiger partial charge in [0.2, 0.25) is 0 Å². The van der Waals surface area contributed by atoms with Gasteiger partial charge in [-0.15, -0.1) is 0 Å². The zero-order valence-corrected chi connectivity index (χ0v) is 12.3. The van der Waals surface area contributed by atoms with Crippen LogP contribution in [-0.2, 0) is 0 Å². The molecule has 90 valence electrons. The summed E-state index contributed by atoms with van der Waals surface area (Å²) in [5.41, 5.74) is 1.36. The van der Waals surface area contributed by atoms with Crippen LogP contribution in [0.2, 0.25) is 0 Å². The summed E-state index contributed by atoms with van der Waals surface area (Å²) in [4.78, 5) is 0. The van der Waals surface area contributed by atoms with Crippen LogP contribution in [-0.4, -0.2) is 0 Å². The first kappa shape index (κ1) is 13.5. The van der Waals surface area contributed by atoms with E-state index in [0.29, 0.717) is 0 Å². The van der Waals surface area contributed by atoms with E-state index in [1.54, 1.807) is 0 Å². The fourth-order valence-electron chi connectivity index (χ4n) is 2.61. The molecule has 0 unspecified atom stereocenters. The molecule has 0 aliphatic carbocycles. The fourth-order valence-corrected chi connectivity index (χ4v) is 3.81. The molecule has 2 heteroatoms. The van der Waals surface area contributed by atoms with E-state index in [1.165, 1.54) is 40.3 Å². The Kier molecular flexibility index (Phi) is 3.73. The van der Waals surface area contributed by atoms with E-state index in [4.69, 9.17) is 0 Å². The molecule has 1 heterocycles. The molecule has 4 aromatic rings. The average Bonchev–Trinajstić information content (AvgIpc) is 2.90. The van der Waals surface area contributed by atoms with Crippen molar-refractivity contribution >= 4 is 29.5 Å². The molecule has 0 aliphatic heterocycles. The molecule has 3 aromatic carbocycles. The molecule has 0 fully saturated rings. The fraction of sp³-hybridized carbons (Fsp3) is 0. The van der Waals surface area contributed by atoms with Crippen molar-refractivity contribution in [3.05, 3.63) is 72.8 Å². The third kappa shape index (κ3) is 2.21. The standard InChI is InChI=1S/C18H12P.Li/c1-3-9-15-13(6-1)8-5-10-16(15)18-12-14-7-2-4-11-17(14)19-18;/h1-12H;/q-1;+1. The number of hydrogen-bond donors (Lipinski definition) is 0. The maximum absolute atomic E-state index is 2.32. The maximum Gasteiger partial charge on any atom is 1.00 e. The summed E-state index contributed by atoms with van der Waals surface area (Å²) in [5.74, 6) is 0. The van der Waals surface area contributed by atoms with Gasteiger partial charge in [-0.1, -0.05) is 78.2 Å². The van der Waals surface area contributed by atoms with Crippen molar-refractivity contribution in [2.45, 2.75) is 0 Å². The van der Waals surface area contributed by atoms with Crippen LogP contribution in [0, 0.1) is 0 Å². The Morgan fingerprint density at radius 3 is 2.20 bits per heavy atom. The van der Waals surface area contributed by atoms with Crippen molar-refractivity contribution in [3.8, 4) is 10.9 Å². The summed E-state index contributed by atoms with van der Waals surface area (Å²) in [6.07, 6.45) is 0. The van der Waals surface area contributed by atoms with Crippen LogP contribution in [0.1, 0.15) is 0 Å². The first-order valence-corrected chi connectivity index (χ1v) is 7.32. The Balaban J connectivity index is 0.00000121. The van der Waals surface area contributed by atoms with Gasteiger partial charge in [-0.3, -0.25) is 0 Å². The average molecular weight is 266 g/mol. The summed E-state index contributed by atoms with van der Waals surface area (Å²) in [7, 11) is 1.32. The molecule has 0 saturated carbocycles. The largest absolute Gasteiger partial charge is 1.00 e. The molecule has 4 rings (SSSR count). The van der Waals surface area contributed by atoms with Gasteiger partial charge in [0.1, 0.15) is 0 Å². The summed E-state index contributed by atoms with van der Waals surface area (Å²) in [6, 6.07) is 26.1. The number of hydrogen-bond acceptors (Lipinski definition) is 0. The molecule has 0 N–H and O–H groups in total. The second-order valence-electron chi connectivity index (χ2n) is 4.73. The quantitative estimate of drug-likeness (QED) is 0.465. The molecule has 0 bridgehead atoms. The molecule has 0 spiro atoms. The molecular weight excluding hydrogens is 254 g/mol. The van der Waals surface area contributed by atoms with E-state index in [2.05, 4.69) is 72.8 Å². The first-order valence-electron chi connectivity index (χ1n) is 6.42. The van der Waals surface area contributed by atoms with E-state index in [0.717, 1.165) is 0 Å².